The fraction of sp³-hybridized carbons (Fsp3) is 0. The molecule has 0 radical (unpaired) electrons. The smallest absolute Gasteiger partial charge is 0.395 e. The molecule has 1 N–H and O–H groups in total. The van der Waals surface area contributed by atoms with E-state index in [2.05, 4.69) is 0 Å². The van der Waals surface area contributed by atoms with E-state index in [0.29, 0.717) is 0 Å². The van der Waals surface area contributed by atoms with Crippen molar-refractivity contribution in [3.05, 3.63) is 84.9 Å². The second-order valence-electron chi connectivity index (χ2n) is 5.67. The van der Waals surface area contributed by atoms with Crippen molar-refractivity contribution in [3.63, 3.8) is 0 Å². The minimum atomic E-state index is -4.29. The van der Waals surface area contributed by atoms with Gasteiger partial charge in [0.1, 0.15) is 11.5 Å². The summed E-state index contributed by atoms with van der Waals surface area (Å²) in [7, 11) is -4.29. The van der Waals surface area contributed by atoms with Crippen LogP contribution in [0, 0.1) is 0 Å². The molecule has 0 aliphatic rings. The molecule has 0 amide bonds. The summed E-state index contributed by atoms with van der Waals surface area (Å²) in [4.78, 5) is 10.1. The summed E-state index contributed by atoms with van der Waals surface area (Å²) < 4.78 is 22.8. The fourth-order valence-electron chi connectivity index (χ4n) is 2.73. The molecule has 4 aromatic carbocycles. The highest BCUT2D eigenvalue weighted by Crippen LogP contribution is 2.45. The van der Waals surface area contributed by atoms with Crippen LogP contribution < -0.4 is 9.05 Å². The largest absolute Gasteiger partial charge is 0.584 e. The van der Waals surface area contributed by atoms with Crippen LogP contribution in [0.5, 0.6) is 11.5 Å². The van der Waals surface area contributed by atoms with Gasteiger partial charge in [0, 0.05) is 0 Å². The lowest BCUT2D eigenvalue weighted by Crippen LogP contribution is -1.99. The maximum atomic E-state index is 12.3. The van der Waals surface area contributed by atoms with Gasteiger partial charge in [-0.15, -0.1) is 0 Å². The minimum absolute atomic E-state index is 0.283. The highest BCUT2D eigenvalue weighted by atomic mass is 31.2. The zero-order valence-corrected chi connectivity index (χ0v) is 14.1. The Labute approximate surface area is 144 Å². The summed E-state index contributed by atoms with van der Waals surface area (Å²) in [6.07, 6.45) is 0. The zero-order valence-electron chi connectivity index (χ0n) is 13.2. The fourth-order valence-corrected chi connectivity index (χ4v) is 3.53. The van der Waals surface area contributed by atoms with Gasteiger partial charge >= 0.3 is 7.82 Å². The molecule has 0 aliphatic carbocycles. The lowest BCUT2D eigenvalue weighted by Gasteiger charge is -2.14. The SMILES string of the molecule is O=P(O)(Oc1ccc2ccccc2c1)Oc1ccc2ccccc2c1. The highest BCUT2D eigenvalue weighted by molar-refractivity contribution is 7.48. The molecule has 0 spiro atoms. The van der Waals surface area contributed by atoms with Crippen LogP contribution in [-0.4, -0.2) is 4.89 Å². The molecule has 0 saturated carbocycles. The van der Waals surface area contributed by atoms with Crippen molar-refractivity contribution in [1.82, 2.24) is 0 Å². The Kier molecular flexibility index (Phi) is 3.92. The maximum Gasteiger partial charge on any atom is 0.584 e. The van der Waals surface area contributed by atoms with Crippen LogP contribution in [0.25, 0.3) is 21.5 Å². The summed E-state index contributed by atoms with van der Waals surface area (Å²) in [5.41, 5.74) is 0. The molecular weight excluding hydrogens is 335 g/mol. The van der Waals surface area contributed by atoms with Crippen molar-refractivity contribution in [2.75, 3.05) is 0 Å². The van der Waals surface area contributed by atoms with E-state index in [1.54, 1.807) is 24.3 Å². The van der Waals surface area contributed by atoms with Crippen LogP contribution in [0.4, 0.5) is 0 Å². The van der Waals surface area contributed by atoms with E-state index < -0.39 is 7.82 Å². The van der Waals surface area contributed by atoms with Crippen LogP contribution in [0.1, 0.15) is 0 Å². The molecule has 4 aromatic rings. The van der Waals surface area contributed by atoms with Crippen molar-refractivity contribution < 1.29 is 18.5 Å². The van der Waals surface area contributed by atoms with Crippen LogP contribution in [-0.2, 0) is 4.57 Å². The number of phosphoric acid groups is 1. The zero-order chi connectivity index (χ0) is 17.3. The minimum Gasteiger partial charge on any atom is -0.395 e. The van der Waals surface area contributed by atoms with E-state index in [1.807, 2.05) is 60.7 Å². The third-order valence-corrected chi connectivity index (χ3v) is 4.77. The molecule has 5 heteroatoms. The lowest BCUT2D eigenvalue weighted by molar-refractivity contribution is 0.291. The third kappa shape index (κ3) is 3.50. The average Bonchev–Trinajstić information content (AvgIpc) is 2.61. The molecule has 0 aliphatic heterocycles. The molecule has 0 atom stereocenters. The lowest BCUT2D eigenvalue weighted by atomic mass is 10.1. The van der Waals surface area contributed by atoms with E-state index >= 15 is 0 Å². The van der Waals surface area contributed by atoms with Gasteiger partial charge in [-0.05, 0) is 45.8 Å². The first-order valence-electron chi connectivity index (χ1n) is 7.79. The molecule has 4 nitrogen and oxygen atoms in total. The Bertz CT molecular complexity index is 1020. The van der Waals surface area contributed by atoms with Crippen LogP contribution in [0.15, 0.2) is 84.9 Å². The Morgan fingerprint density at radius 3 is 1.44 bits per heavy atom. The van der Waals surface area contributed by atoms with Crippen LogP contribution >= 0.6 is 7.82 Å². The van der Waals surface area contributed by atoms with Gasteiger partial charge in [-0.25, -0.2) is 4.57 Å². The summed E-state index contributed by atoms with van der Waals surface area (Å²) in [5, 5.41) is 3.90. The van der Waals surface area contributed by atoms with E-state index in [9.17, 15) is 9.46 Å². The molecule has 0 bridgehead atoms. The number of hydrogen-bond acceptors (Lipinski definition) is 3. The highest BCUT2D eigenvalue weighted by Gasteiger charge is 2.25. The number of hydrogen-bond donors (Lipinski definition) is 1. The van der Waals surface area contributed by atoms with Gasteiger partial charge in [0.2, 0.25) is 0 Å². The number of benzene rings is 4. The van der Waals surface area contributed by atoms with Crippen LogP contribution in [0.3, 0.4) is 0 Å². The van der Waals surface area contributed by atoms with Gasteiger partial charge < -0.3 is 9.05 Å². The average molecular weight is 350 g/mol. The normalized spacial score (nSPS) is 11.6. The standard InChI is InChI=1S/C20H15O4P/c21-25(22,23-19-11-9-15-5-1-3-7-17(15)13-19)24-20-12-10-16-6-2-4-8-18(16)14-20/h1-14H,(H,21,22). The topological polar surface area (TPSA) is 55.8 Å². The van der Waals surface area contributed by atoms with Crippen molar-refractivity contribution in [2.24, 2.45) is 0 Å². The van der Waals surface area contributed by atoms with Gasteiger partial charge in [-0.2, -0.15) is 0 Å². The summed E-state index contributed by atoms with van der Waals surface area (Å²) in [6.45, 7) is 0. The predicted molar refractivity (Wildman–Crippen MR) is 99.0 cm³/mol. The molecule has 124 valence electrons. The van der Waals surface area contributed by atoms with Crippen molar-refractivity contribution >= 4 is 29.4 Å². The summed E-state index contributed by atoms with van der Waals surface area (Å²) in [6, 6.07) is 25.8. The van der Waals surface area contributed by atoms with E-state index in [-0.39, 0.29) is 11.5 Å². The number of rotatable bonds is 4. The summed E-state index contributed by atoms with van der Waals surface area (Å²) in [5.74, 6) is 0.565. The Hall–Kier alpha value is -2.81. The van der Waals surface area contributed by atoms with E-state index in [4.69, 9.17) is 9.05 Å². The molecule has 25 heavy (non-hydrogen) atoms. The second kappa shape index (κ2) is 6.25. The Balaban J connectivity index is 1.58. The Morgan fingerprint density at radius 2 is 1.00 bits per heavy atom. The van der Waals surface area contributed by atoms with Gasteiger partial charge in [-0.1, -0.05) is 60.7 Å². The molecule has 0 fully saturated rings. The third-order valence-electron chi connectivity index (χ3n) is 3.88. The van der Waals surface area contributed by atoms with Gasteiger partial charge in [-0.3, -0.25) is 4.89 Å². The van der Waals surface area contributed by atoms with Crippen LogP contribution in [0.2, 0.25) is 0 Å². The second-order valence-corrected chi connectivity index (χ2v) is 6.97. The summed E-state index contributed by atoms with van der Waals surface area (Å²) >= 11 is 0. The first-order valence-corrected chi connectivity index (χ1v) is 9.28. The van der Waals surface area contributed by atoms with Crippen molar-refractivity contribution in [3.8, 4) is 11.5 Å². The number of fused-ring (bicyclic) bond motifs is 2. The van der Waals surface area contributed by atoms with E-state index in [1.165, 1.54) is 0 Å². The molecular formula is C20H15O4P. The molecule has 0 unspecified atom stereocenters. The van der Waals surface area contributed by atoms with Crippen molar-refractivity contribution in [1.29, 1.82) is 0 Å². The molecule has 0 saturated heterocycles. The molecule has 0 aromatic heterocycles. The molecule has 4 rings (SSSR count). The predicted octanol–water partition coefficient (Wildman–Crippen LogP) is 5.55. The van der Waals surface area contributed by atoms with Gasteiger partial charge in [0.15, 0.2) is 0 Å². The van der Waals surface area contributed by atoms with Gasteiger partial charge in [0.25, 0.3) is 0 Å². The number of phosphoric ester groups is 1. The monoisotopic (exact) mass is 350 g/mol. The van der Waals surface area contributed by atoms with E-state index in [0.717, 1.165) is 21.5 Å². The first kappa shape index (κ1) is 15.7. The Morgan fingerprint density at radius 1 is 0.600 bits per heavy atom. The first-order chi connectivity index (χ1) is 12.1. The maximum absolute atomic E-state index is 12.3. The quantitative estimate of drug-likeness (QED) is 0.490. The van der Waals surface area contributed by atoms with Gasteiger partial charge in [0.05, 0.1) is 0 Å². The molecule has 0 heterocycles. The van der Waals surface area contributed by atoms with Crippen molar-refractivity contribution in [2.45, 2.75) is 0 Å².